The van der Waals surface area contributed by atoms with Crippen LogP contribution < -0.4 is 4.74 Å². The average Bonchev–Trinajstić information content (AvgIpc) is 2.87. The number of amides is 1. The van der Waals surface area contributed by atoms with E-state index in [0.29, 0.717) is 24.7 Å². The Labute approximate surface area is 229 Å². The number of fused-ring (bicyclic) bond motifs is 1. The van der Waals surface area contributed by atoms with Gasteiger partial charge < -0.3 is 14.4 Å². The van der Waals surface area contributed by atoms with Crippen molar-refractivity contribution in [2.75, 3.05) is 26.0 Å². The molecule has 1 saturated heterocycles. The third kappa shape index (κ3) is 6.08. The number of rotatable bonds is 10. The van der Waals surface area contributed by atoms with Crippen molar-refractivity contribution in [3.8, 4) is 5.75 Å². The molecule has 5 rings (SSSR count). The van der Waals surface area contributed by atoms with Crippen LogP contribution in [0.15, 0.2) is 59.5 Å². The van der Waals surface area contributed by atoms with Crippen LogP contribution in [0, 0.1) is 18.3 Å². The SMILES string of the molecule is COC(=O)CC1(CS(=O)(=O)c2ccc(OCc3cc(C)nc4ccccc34)cc2)CN(C(=O)CC2CCC2)C1. The molecule has 3 aromatic rings. The molecule has 0 bridgehead atoms. The molecular formula is C30H34N2O6S. The van der Waals surface area contributed by atoms with Crippen LogP contribution in [0.1, 0.15) is 43.4 Å². The number of ether oxygens (including phenoxy) is 2. The van der Waals surface area contributed by atoms with E-state index in [-0.39, 0.29) is 36.1 Å². The van der Waals surface area contributed by atoms with Gasteiger partial charge in [-0.3, -0.25) is 14.6 Å². The number of benzene rings is 2. The largest absolute Gasteiger partial charge is 0.489 e. The van der Waals surface area contributed by atoms with Gasteiger partial charge in [-0.25, -0.2) is 8.42 Å². The van der Waals surface area contributed by atoms with Crippen LogP contribution >= 0.6 is 0 Å². The molecule has 2 fully saturated rings. The fourth-order valence-corrected chi connectivity index (χ4v) is 7.36. The van der Waals surface area contributed by atoms with Gasteiger partial charge in [0.25, 0.3) is 0 Å². The van der Waals surface area contributed by atoms with E-state index in [4.69, 9.17) is 9.47 Å². The fraction of sp³-hybridized carbons (Fsp3) is 0.433. The van der Waals surface area contributed by atoms with Crippen LogP contribution in [0.3, 0.4) is 0 Å². The van der Waals surface area contributed by atoms with E-state index in [9.17, 15) is 18.0 Å². The smallest absolute Gasteiger partial charge is 0.306 e. The molecule has 206 valence electrons. The first-order valence-corrected chi connectivity index (χ1v) is 15.0. The third-order valence-electron chi connectivity index (χ3n) is 7.84. The number of likely N-dealkylation sites (tertiary alicyclic amines) is 1. The fourth-order valence-electron chi connectivity index (χ4n) is 5.55. The number of pyridine rings is 1. The number of carbonyl (C=O) groups is 2. The Morgan fingerprint density at radius 2 is 1.79 bits per heavy atom. The van der Waals surface area contributed by atoms with Gasteiger partial charge in [0, 0.05) is 41.6 Å². The van der Waals surface area contributed by atoms with Gasteiger partial charge in [0.05, 0.1) is 29.7 Å². The molecule has 9 heteroatoms. The van der Waals surface area contributed by atoms with Gasteiger partial charge in [-0.1, -0.05) is 24.6 Å². The zero-order chi connectivity index (χ0) is 27.6. The van der Waals surface area contributed by atoms with Gasteiger partial charge in [-0.15, -0.1) is 0 Å². The number of esters is 1. The number of aryl methyl sites for hydroxylation is 1. The van der Waals surface area contributed by atoms with E-state index < -0.39 is 21.2 Å². The summed E-state index contributed by atoms with van der Waals surface area (Å²) in [5.74, 6) is 0.312. The minimum atomic E-state index is -3.73. The molecule has 0 atom stereocenters. The van der Waals surface area contributed by atoms with Crippen molar-refractivity contribution in [1.82, 2.24) is 9.88 Å². The predicted octanol–water partition coefficient (Wildman–Crippen LogP) is 4.48. The van der Waals surface area contributed by atoms with Gasteiger partial charge in [-0.05, 0) is 62.1 Å². The monoisotopic (exact) mass is 550 g/mol. The molecule has 39 heavy (non-hydrogen) atoms. The van der Waals surface area contributed by atoms with Gasteiger partial charge >= 0.3 is 5.97 Å². The lowest BCUT2D eigenvalue weighted by Crippen LogP contribution is -2.62. The topological polar surface area (TPSA) is 103 Å². The first-order chi connectivity index (χ1) is 18.7. The minimum Gasteiger partial charge on any atom is -0.489 e. The van der Waals surface area contributed by atoms with Crippen LogP contribution in [0.2, 0.25) is 0 Å². The standard InChI is InChI=1S/C30H34N2O6S/c1-21-14-23(26-8-3-4-9-27(26)31-21)17-38-24-10-12-25(13-11-24)39(35,36)20-30(16-29(34)37-2)18-32(19-30)28(33)15-22-6-5-7-22/h3-4,8-14,22H,5-7,15-20H2,1-2H3. The van der Waals surface area contributed by atoms with E-state index in [1.165, 1.54) is 19.2 Å². The Morgan fingerprint density at radius 3 is 2.46 bits per heavy atom. The summed E-state index contributed by atoms with van der Waals surface area (Å²) in [6, 6.07) is 16.2. The van der Waals surface area contributed by atoms with Crippen molar-refractivity contribution in [3.63, 3.8) is 0 Å². The van der Waals surface area contributed by atoms with Crippen LogP contribution in [0.4, 0.5) is 0 Å². The number of aromatic nitrogens is 1. The van der Waals surface area contributed by atoms with E-state index in [2.05, 4.69) is 4.98 Å². The molecule has 1 saturated carbocycles. The quantitative estimate of drug-likeness (QED) is 0.343. The molecule has 1 aromatic heterocycles. The maximum absolute atomic E-state index is 13.4. The van der Waals surface area contributed by atoms with Crippen molar-refractivity contribution < 1.29 is 27.5 Å². The first-order valence-electron chi connectivity index (χ1n) is 13.3. The summed E-state index contributed by atoms with van der Waals surface area (Å²) < 4.78 is 37.6. The number of para-hydroxylation sites is 1. The maximum atomic E-state index is 13.4. The maximum Gasteiger partial charge on any atom is 0.306 e. The van der Waals surface area contributed by atoms with Crippen molar-refractivity contribution >= 4 is 32.6 Å². The summed E-state index contributed by atoms with van der Waals surface area (Å²) in [4.78, 5) is 31.2. The predicted molar refractivity (Wildman–Crippen MR) is 147 cm³/mol. The molecule has 2 aromatic carbocycles. The Bertz CT molecular complexity index is 1480. The van der Waals surface area contributed by atoms with Crippen molar-refractivity contribution in [2.45, 2.75) is 50.5 Å². The summed E-state index contributed by atoms with van der Waals surface area (Å²) in [6.07, 6.45) is 3.75. The molecule has 2 heterocycles. The molecule has 1 aliphatic carbocycles. The summed E-state index contributed by atoms with van der Waals surface area (Å²) >= 11 is 0. The van der Waals surface area contributed by atoms with Gasteiger partial charge in [0.1, 0.15) is 12.4 Å². The second-order valence-corrected chi connectivity index (χ2v) is 13.0. The Hall–Kier alpha value is -3.46. The van der Waals surface area contributed by atoms with Gasteiger partial charge in [0.15, 0.2) is 9.84 Å². The number of sulfone groups is 1. The molecular weight excluding hydrogens is 516 g/mol. The van der Waals surface area contributed by atoms with Crippen LogP contribution in [-0.4, -0.2) is 56.1 Å². The average molecular weight is 551 g/mol. The highest BCUT2D eigenvalue weighted by molar-refractivity contribution is 7.91. The molecule has 1 amide bonds. The number of hydrogen-bond acceptors (Lipinski definition) is 7. The number of hydrogen-bond donors (Lipinski definition) is 0. The van der Waals surface area contributed by atoms with Crippen LogP contribution in [-0.2, 0) is 30.8 Å². The summed E-state index contributed by atoms with van der Waals surface area (Å²) in [7, 11) is -2.44. The third-order valence-corrected chi connectivity index (χ3v) is 9.83. The van der Waals surface area contributed by atoms with Crippen molar-refractivity contribution in [1.29, 1.82) is 0 Å². The Morgan fingerprint density at radius 1 is 1.08 bits per heavy atom. The minimum absolute atomic E-state index is 0.0382. The van der Waals surface area contributed by atoms with Crippen LogP contribution in [0.25, 0.3) is 10.9 Å². The molecule has 0 spiro atoms. The molecule has 0 unspecified atom stereocenters. The summed E-state index contributed by atoms with van der Waals surface area (Å²) in [6.45, 7) is 2.75. The van der Waals surface area contributed by atoms with Crippen LogP contribution in [0.5, 0.6) is 5.75 Å². The summed E-state index contributed by atoms with van der Waals surface area (Å²) in [5.41, 5.74) is 1.95. The Kier molecular flexibility index (Phi) is 7.62. The molecule has 2 aliphatic rings. The van der Waals surface area contributed by atoms with Crippen molar-refractivity contribution in [3.05, 3.63) is 65.9 Å². The second-order valence-electron chi connectivity index (χ2n) is 11.0. The van der Waals surface area contributed by atoms with E-state index in [1.807, 2.05) is 37.3 Å². The number of carbonyl (C=O) groups excluding carboxylic acids is 2. The van der Waals surface area contributed by atoms with E-state index in [1.54, 1.807) is 17.0 Å². The number of nitrogens with zero attached hydrogens (tertiary/aromatic N) is 2. The number of methoxy groups -OCH3 is 1. The lowest BCUT2D eigenvalue weighted by atomic mass is 9.77. The highest BCUT2D eigenvalue weighted by atomic mass is 32.2. The first kappa shape index (κ1) is 27.1. The Balaban J connectivity index is 1.25. The molecule has 8 nitrogen and oxygen atoms in total. The highest BCUT2D eigenvalue weighted by Gasteiger charge is 2.49. The lowest BCUT2D eigenvalue weighted by molar-refractivity contribution is -0.153. The molecule has 0 radical (unpaired) electrons. The summed E-state index contributed by atoms with van der Waals surface area (Å²) in [5, 5.41) is 1.01. The molecule has 0 N–H and O–H groups in total. The van der Waals surface area contributed by atoms with Gasteiger partial charge in [-0.2, -0.15) is 0 Å². The highest BCUT2D eigenvalue weighted by Crippen LogP contribution is 2.39. The zero-order valence-corrected chi connectivity index (χ0v) is 23.2. The van der Waals surface area contributed by atoms with Gasteiger partial charge in [0.2, 0.25) is 5.91 Å². The zero-order valence-electron chi connectivity index (χ0n) is 22.4. The normalized spacial score (nSPS) is 16.8. The van der Waals surface area contributed by atoms with E-state index >= 15 is 0 Å². The van der Waals surface area contributed by atoms with Crippen molar-refractivity contribution in [2.24, 2.45) is 11.3 Å². The van der Waals surface area contributed by atoms with E-state index in [0.717, 1.165) is 41.4 Å². The lowest BCUT2D eigenvalue weighted by Gasteiger charge is -2.50. The molecule has 1 aliphatic heterocycles. The second kappa shape index (κ2) is 11.0.